The van der Waals surface area contributed by atoms with Crippen LogP contribution in [0.4, 0.5) is 4.39 Å². The lowest BCUT2D eigenvalue weighted by Gasteiger charge is -2.32. The summed E-state index contributed by atoms with van der Waals surface area (Å²) in [4.78, 5) is 13.1. The molecule has 2 aliphatic heterocycles. The van der Waals surface area contributed by atoms with Gasteiger partial charge in [0.15, 0.2) is 11.5 Å². The van der Waals surface area contributed by atoms with Crippen molar-refractivity contribution in [3.8, 4) is 11.5 Å². The third-order valence-corrected chi connectivity index (χ3v) is 8.06. The Morgan fingerprint density at radius 2 is 1.67 bits per heavy atom. The first kappa shape index (κ1) is 23.5. The van der Waals surface area contributed by atoms with Crippen LogP contribution in [0.1, 0.15) is 38.3 Å². The molecule has 0 saturated carbocycles. The molecule has 0 radical (unpaired) electrons. The lowest BCUT2D eigenvalue weighted by molar-refractivity contribution is -0.127. The number of hydrogen-bond acceptors (Lipinski definition) is 5. The fraction of sp³-hybridized carbons (Fsp3) is 0.458. The number of rotatable bonds is 6. The van der Waals surface area contributed by atoms with Crippen LogP contribution in [0.3, 0.4) is 0 Å². The highest BCUT2D eigenvalue weighted by Gasteiger charge is 2.34. The molecule has 1 saturated heterocycles. The van der Waals surface area contributed by atoms with Gasteiger partial charge in [0.2, 0.25) is 15.9 Å². The van der Waals surface area contributed by atoms with Gasteiger partial charge in [0.05, 0.1) is 10.9 Å². The number of fused-ring (bicyclic) bond motifs is 1. The molecule has 9 heteroatoms. The normalized spacial score (nSPS) is 18.2. The Labute approximate surface area is 193 Å². The van der Waals surface area contributed by atoms with Gasteiger partial charge in [-0.15, -0.1) is 0 Å². The lowest BCUT2D eigenvalue weighted by atomic mass is 9.92. The van der Waals surface area contributed by atoms with Crippen molar-refractivity contribution in [2.24, 2.45) is 11.8 Å². The van der Waals surface area contributed by atoms with Crippen LogP contribution >= 0.6 is 0 Å². The first-order chi connectivity index (χ1) is 15.8. The molecule has 2 aromatic rings. The van der Waals surface area contributed by atoms with Crippen LogP contribution in [0.25, 0.3) is 0 Å². The predicted molar refractivity (Wildman–Crippen MR) is 121 cm³/mol. The Morgan fingerprint density at radius 1 is 1.03 bits per heavy atom. The standard InChI is InChI=1S/C24H29FN2O5S/c1-16(2)23(17-3-5-19(25)6-4-17)26-24(28)18-9-11-27(12-10-18)33(29,30)20-7-8-21-22(15-20)32-14-13-31-21/h3-8,15-16,18,23H,9-14H2,1-2H3,(H,26,28)/t23-/m1/s1. The van der Waals surface area contributed by atoms with E-state index in [1.54, 1.807) is 18.2 Å². The largest absolute Gasteiger partial charge is 0.486 e. The molecule has 1 atom stereocenters. The third kappa shape index (κ3) is 5.14. The van der Waals surface area contributed by atoms with E-state index in [1.165, 1.54) is 28.6 Å². The Morgan fingerprint density at radius 3 is 2.30 bits per heavy atom. The second kappa shape index (κ2) is 9.69. The van der Waals surface area contributed by atoms with Gasteiger partial charge >= 0.3 is 0 Å². The zero-order valence-electron chi connectivity index (χ0n) is 18.8. The van der Waals surface area contributed by atoms with Crippen LogP contribution in [0.5, 0.6) is 11.5 Å². The predicted octanol–water partition coefficient (Wildman–Crippen LogP) is 3.51. The maximum absolute atomic E-state index is 13.3. The van der Waals surface area contributed by atoms with Crippen molar-refractivity contribution in [2.45, 2.75) is 37.6 Å². The Hall–Kier alpha value is -2.65. The number of piperidine rings is 1. The Kier molecular flexibility index (Phi) is 6.90. The average molecular weight is 477 g/mol. The number of benzene rings is 2. The molecule has 0 bridgehead atoms. The van der Waals surface area contributed by atoms with Crippen LogP contribution in [-0.4, -0.2) is 44.9 Å². The molecule has 0 aliphatic carbocycles. The summed E-state index contributed by atoms with van der Waals surface area (Å²) < 4.78 is 51.9. The van der Waals surface area contributed by atoms with E-state index in [0.29, 0.717) is 37.6 Å². The number of carbonyl (C=O) groups is 1. The minimum Gasteiger partial charge on any atom is -0.486 e. The highest BCUT2D eigenvalue weighted by Crippen LogP contribution is 2.34. The van der Waals surface area contributed by atoms with Gasteiger partial charge in [0.1, 0.15) is 19.0 Å². The van der Waals surface area contributed by atoms with Crippen molar-refractivity contribution in [3.05, 3.63) is 53.8 Å². The van der Waals surface area contributed by atoms with Crippen molar-refractivity contribution in [1.82, 2.24) is 9.62 Å². The minimum absolute atomic E-state index is 0.102. The molecule has 1 amide bonds. The zero-order valence-corrected chi connectivity index (χ0v) is 19.6. The van der Waals surface area contributed by atoms with Crippen LogP contribution in [-0.2, 0) is 14.8 Å². The average Bonchev–Trinajstić information content (AvgIpc) is 2.82. The molecule has 0 unspecified atom stereocenters. The number of nitrogens with zero attached hydrogens (tertiary/aromatic N) is 1. The smallest absolute Gasteiger partial charge is 0.243 e. The molecular formula is C24H29FN2O5S. The van der Waals surface area contributed by atoms with Gasteiger partial charge in [-0.05, 0) is 48.6 Å². The fourth-order valence-electron chi connectivity index (χ4n) is 4.27. The van der Waals surface area contributed by atoms with Crippen molar-refractivity contribution in [3.63, 3.8) is 0 Å². The summed E-state index contributed by atoms with van der Waals surface area (Å²) in [5.41, 5.74) is 0.846. The second-order valence-corrected chi connectivity index (χ2v) is 10.7. The number of halogens is 1. The van der Waals surface area contributed by atoms with E-state index < -0.39 is 10.0 Å². The Balaban J connectivity index is 1.39. The van der Waals surface area contributed by atoms with Gasteiger partial charge in [0.25, 0.3) is 0 Å². The molecular weight excluding hydrogens is 447 g/mol. The molecule has 1 fully saturated rings. The van der Waals surface area contributed by atoms with Crippen LogP contribution in [0, 0.1) is 17.7 Å². The summed E-state index contributed by atoms with van der Waals surface area (Å²) >= 11 is 0. The summed E-state index contributed by atoms with van der Waals surface area (Å²) in [7, 11) is -3.70. The fourth-order valence-corrected chi connectivity index (χ4v) is 5.75. The summed E-state index contributed by atoms with van der Waals surface area (Å²) in [6.07, 6.45) is 0.869. The highest BCUT2D eigenvalue weighted by molar-refractivity contribution is 7.89. The van der Waals surface area contributed by atoms with Crippen molar-refractivity contribution in [2.75, 3.05) is 26.3 Å². The van der Waals surface area contributed by atoms with E-state index in [9.17, 15) is 17.6 Å². The van der Waals surface area contributed by atoms with E-state index >= 15 is 0 Å². The van der Waals surface area contributed by atoms with E-state index in [4.69, 9.17) is 9.47 Å². The summed E-state index contributed by atoms with van der Waals surface area (Å²) in [5, 5.41) is 3.08. The van der Waals surface area contributed by atoms with Gasteiger partial charge in [-0.25, -0.2) is 12.8 Å². The first-order valence-corrected chi connectivity index (χ1v) is 12.7. The Bertz CT molecular complexity index is 1100. The van der Waals surface area contributed by atoms with Crippen molar-refractivity contribution >= 4 is 15.9 Å². The zero-order chi connectivity index (χ0) is 23.6. The molecule has 0 aromatic heterocycles. The van der Waals surface area contributed by atoms with E-state index in [1.807, 2.05) is 13.8 Å². The quantitative estimate of drug-likeness (QED) is 0.690. The summed E-state index contributed by atoms with van der Waals surface area (Å²) in [5.74, 6) is 0.385. The van der Waals surface area contributed by atoms with E-state index in [-0.39, 0.29) is 47.6 Å². The van der Waals surface area contributed by atoms with E-state index in [0.717, 1.165) is 5.56 Å². The number of ether oxygens (including phenoxy) is 2. The van der Waals surface area contributed by atoms with Gasteiger partial charge in [-0.1, -0.05) is 26.0 Å². The number of sulfonamides is 1. The molecule has 4 rings (SSSR count). The molecule has 7 nitrogen and oxygen atoms in total. The van der Waals surface area contributed by atoms with E-state index in [2.05, 4.69) is 5.32 Å². The molecule has 2 aromatic carbocycles. The topological polar surface area (TPSA) is 84.9 Å². The lowest BCUT2D eigenvalue weighted by Crippen LogP contribution is -2.44. The molecule has 1 N–H and O–H groups in total. The number of hydrogen-bond donors (Lipinski definition) is 1. The van der Waals surface area contributed by atoms with Crippen LogP contribution < -0.4 is 14.8 Å². The van der Waals surface area contributed by atoms with Gasteiger partial charge in [-0.3, -0.25) is 4.79 Å². The number of carbonyl (C=O) groups excluding carboxylic acids is 1. The van der Waals surface area contributed by atoms with Gasteiger partial charge < -0.3 is 14.8 Å². The number of amides is 1. The monoisotopic (exact) mass is 476 g/mol. The summed E-state index contributed by atoms with van der Waals surface area (Å²) in [6.45, 7) is 5.34. The van der Waals surface area contributed by atoms with Crippen LogP contribution in [0.2, 0.25) is 0 Å². The molecule has 33 heavy (non-hydrogen) atoms. The SMILES string of the molecule is CC(C)[C@@H](NC(=O)C1CCN(S(=O)(=O)c2ccc3c(c2)OCCO3)CC1)c1ccc(F)cc1. The summed E-state index contributed by atoms with van der Waals surface area (Å²) in [6, 6.07) is 10.5. The molecule has 178 valence electrons. The molecule has 0 spiro atoms. The molecule has 2 heterocycles. The number of nitrogens with one attached hydrogen (secondary N) is 1. The highest BCUT2D eigenvalue weighted by atomic mass is 32.2. The second-order valence-electron chi connectivity index (χ2n) is 8.77. The van der Waals surface area contributed by atoms with Crippen molar-refractivity contribution < 1.29 is 27.1 Å². The first-order valence-electron chi connectivity index (χ1n) is 11.2. The maximum atomic E-state index is 13.3. The van der Waals surface area contributed by atoms with Gasteiger partial charge in [0, 0.05) is 25.1 Å². The minimum atomic E-state index is -3.70. The van der Waals surface area contributed by atoms with Gasteiger partial charge in [-0.2, -0.15) is 4.31 Å². The van der Waals surface area contributed by atoms with Crippen molar-refractivity contribution in [1.29, 1.82) is 0 Å². The maximum Gasteiger partial charge on any atom is 0.243 e. The molecule has 2 aliphatic rings. The third-order valence-electron chi connectivity index (χ3n) is 6.17. The van der Waals surface area contributed by atoms with Crippen LogP contribution in [0.15, 0.2) is 47.4 Å².